The molecule has 0 radical (unpaired) electrons. The van der Waals surface area contributed by atoms with Gasteiger partial charge in [-0.05, 0) is 31.2 Å². The molecule has 3 aliphatic rings. The Kier molecular flexibility index (Phi) is 8.05. The molecule has 4 rings (SSSR count). The third-order valence-electron chi connectivity index (χ3n) is 7.63. The first-order valence-electron chi connectivity index (χ1n) is 12.3. The Morgan fingerprint density at radius 1 is 1.06 bits per heavy atom. The van der Waals surface area contributed by atoms with Gasteiger partial charge in [-0.3, -0.25) is 14.8 Å². The van der Waals surface area contributed by atoms with Crippen LogP contribution in [-0.2, 0) is 19.1 Å². The van der Waals surface area contributed by atoms with Gasteiger partial charge in [-0.1, -0.05) is 30.3 Å². The highest BCUT2D eigenvalue weighted by Crippen LogP contribution is 2.36. The van der Waals surface area contributed by atoms with Crippen LogP contribution in [0.3, 0.4) is 0 Å². The molecule has 2 N–H and O–H groups in total. The summed E-state index contributed by atoms with van der Waals surface area (Å²) in [5.41, 5.74) is 2.96. The fourth-order valence-corrected chi connectivity index (χ4v) is 5.53. The van der Waals surface area contributed by atoms with E-state index >= 15 is 0 Å². The molecule has 1 unspecified atom stereocenters. The summed E-state index contributed by atoms with van der Waals surface area (Å²) in [5.74, 6) is -1.55. The van der Waals surface area contributed by atoms with Crippen LogP contribution in [0.1, 0.15) is 50.0 Å². The first-order valence-corrected chi connectivity index (χ1v) is 12.3. The van der Waals surface area contributed by atoms with Crippen molar-refractivity contribution in [1.82, 2.24) is 15.3 Å². The topological polar surface area (TPSA) is 108 Å². The maximum atomic E-state index is 13.4. The molecule has 4 atom stereocenters. The lowest BCUT2D eigenvalue weighted by Gasteiger charge is -2.39. The Bertz CT molecular complexity index is 859. The highest BCUT2D eigenvalue weighted by molar-refractivity contribution is 5.88. The quantitative estimate of drug-likeness (QED) is 0.503. The summed E-state index contributed by atoms with van der Waals surface area (Å²) in [6, 6.07) is 9.92. The number of carbonyl (C=O) groups excluding carboxylic acids is 3. The molecule has 9 nitrogen and oxygen atoms in total. The molecular formula is C25H35N3O6. The smallest absolute Gasteiger partial charge is 0.410 e. The van der Waals surface area contributed by atoms with Crippen LogP contribution in [0.2, 0.25) is 0 Å². The molecule has 1 saturated carbocycles. The molecule has 0 aromatic heterocycles. The minimum atomic E-state index is -0.703. The van der Waals surface area contributed by atoms with E-state index in [2.05, 4.69) is 12.1 Å². The van der Waals surface area contributed by atoms with Crippen molar-refractivity contribution in [3.05, 3.63) is 35.9 Å². The van der Waals surface area contributed by atoms with E-state index in [9.17, 15) is 19.6 Å². The Morgan fingerprint density at radius 3 is 2.50 bits per heavy atom. The lowest BCUT2D eigenvalue weighted by molar-refractivity contribution is -0.147. The molecule has 9 heteroatoms. The van der Waals surface area contributed by atoms with Crippen molar-refractivity contribution in [3.63, 3.8) is 0 Å². The van der Waals surface area contributed by atoms with Crippen LogP contribution in [0.15, 0.2) is 30.3 Å². The maximum absolute atomic E-state index is 13.4. The minimum Gasteiger partial charge on any atom is -0.446 e. The number of rotatable bonds is 5. The summed E-state index contributed by atoms with van der Waals surface area (Å²) >= 11 is 0. The summed E-state index contributed by atoms with van der Waals surface area (Å²) in [6.07, 6.45) is 3.04. The number of benzene rings is 1. The van der Waals surface area contributed by atoms with Crippen molar-refractivity contribution in [3.8, 4) is 0 Å². The predicted octanol–water partition coefficient (Wildman–Crippen LogP) is 2.54. The highest BCUT2D eigenvalue weighted by atomic mass is 16.6. The van der Waals surface area contributed by atoms with Gasteiger partial charge in [-0.2, -0.15) is 0 Å². The largest absolute Gasteiger partial charge is 0.446 e. The van der Waals surface area contributed by atoms with Crippen molar-refractivity contribution in [2.75, 3.05) is 33.4 Å². The number of hydrogen-bond acceptors (Lipinski definition) is 6. The zero-order valence-electron chi connectivity index (χ0n) is 19.7. The molecule has 186 valence electrons. The average Bonchev–Trinajstić information content (AvgIpc) is 3.38. The zero-order chi connectivity index (χ0) is 24.1. The highest BCUT2D eigenvalue weighted by Gasteiger charge is 2.44. The number of hydroxylamine groups is 1. The van der Waals surface area contributed by atoms with Gasteiger partial charge in [0.15, 0.2) is 0 Å². The van der Waals surface area contributed by atoms with Crippen molar-refractivity contribution in [2.45, 2.75) is 56.6 Å². The zero-order valence-corrected chi connectivity index (χ0v) is 19.7. The van der Waals surface area contributed by atoms with E-state index in [1.807, 2.05) is 23.1 Å². The molecule has 2 heterocycles. The molecule has 1 aliphatic carbocycles. The van der Waals surface area contributed by atoms with E-state index in [0.717, 1.165) is 6.42 Å². The van der Waals surface area contributed by atoms with E-state index in [1.165, 1.54) is 10.5 Å². The Labute approximate surface area is 200 Å². The Balaban J connectivity index is 1.38. The van der Waals surface area contributed by atoms with Crippen LogP contribution in [0.25, 0.3) is 0 Å². The van der Waals surface area contributed by atoms with Gasteiger partial charge in [0.05, 0.1) is 19.1 Å². The molecule has 3 fully saturated rings. The van der Waals surface area contributed by atoms with Gasteiger partial charge < -0.3 is 19.3 Å². The van der Waals surface area contributed by atoms with Crippen molar-refractivity contribution >= 4 is 17.9 Å². The average molecular weight is 474 g/mol. The molecule has 0 bridgehead atoms. The second-order valence-electron chi connectivity index (χ2n) is 9.64. The summed E-state index contributed by atoms with van der Waals surface area (Å²) in [6.45, 7) is 2.45. The summed E-state index contributed by atoms with van der Waals surface area (Å²) in [5, 5.41) is 9.35. The van der Waals surface area contributed by atoms with Crippen LogP contribution in [0.5, 0.6) is 0 Å². The molecule has 1 aromatic carbocycles. The van der Waals surface area contributed by atoms with Crippen LogP contribution in [-0.4, -0.2) is 78.4 Å². The maximum Gasteiger partial charge on any atom is 0.410 e. The van der Waals surface area contributed by atoms with Crippen LogP contribution < -0.4 is 5.48 Å². The van der Waals surface area contributed by atoms with E-state index in [4.69, 9.17) is 9.47 Å². The number of nitrogens with one attached hydrogen (secondary N) is 1. The molecule has 34 heavy (non-hydrogen) atoms. The lowest BCUT2D eigenvalue weighted by Crippen LogP contribution is -2.50. The van der Waals surface area contributed by atoms with E-state index in [0.29, 0.717) is 58.4 Å². The Morgan fingerprint density at radius 2 is 1.79 bits per heavy atom. The van der Waals surface area contributed by atoms with Gasteiger partial charge in [-0.25, -0.2) is 10.3 Å². The SMILES string of the molecule is CN(C(=O)OC1CCOCC1)C1CC[C@H](C(=O)N2CC[C@H](c3ccccc3)C2)[C@@H](C(=O)NO)C1. The van der Waals surface area contributed by atoms with Crippen molar-refractivity contribution in [1.29, 1.82) is 0 Å². The fraction of sp³-hybridized carbons (Fsp3) is 0.640. The molecule has 1 aromatic rings. The van der Waals surface area contributed by atoms with Gasteiger partial charge in [0.25, 0.3) is 0 Å². The molecule has 2 saturated heterocycles. The second-order valence-corrected chi connectivity index (χ2v) is 9.64. The number of ether oxygens (including phenoxy) is 2. The van der Waals surface area contributed by atoms with Gasteiger partial charge in [-0.15, -0.1) is 0 Å². The molecule has 3 amide bonds. The fourth-order valence-electron chi connectivity index (χ4n) is 5.53. The Hall–Kier alpha value is -2.65. The van der Waals surface area contributed by atoms with Crippen LogP contribution in [0.4, 0.5) is 4.79 Å². The molecular weight excluding hydrogens is 438 g/mol. The number of carbonyl (C=O) groups is 3. The monoisotopic (exact) mass is 473 g/mol. The first-order chi connectivity index (χ1) is 16.5. The van der Waals surface area contributed by atoms with E-state index in [1.54, 1.807) is 12.5 Å². The summed E-state index contributed by atoms with van der Waals surface area (Å²) in [7, 11) is 1.67. The van der Waals surface area contributed by atoms with Crippen LogP contribution in [0, 0.1) is 11.8 Å². The summed E-state index contributed by atoms with van der Waals surface area (Å²) < 4.78 is 10.9. The number of amides is 3. The van der Waals surface area contributed by atoms with Crippen molar-refractivity contribution < 1.29 is 29.1 Å². The van der Waals surface area contributed by atoms with Gasteiger partial charge >= 0.3 is 6.09 Å². The summed E-state index contributed by atoms with van der Waals surface area (Å²) in [4.78, 5) is 42.1. The van der Waals surface area contributed by atoms with Gasteiger partial charge in [0.1, 0.15) is 6.10 Å². The normalized spacial score (nSPS) is 27.8. The van der Waals surface area contributed by atoms with Gasteiger partial charge in [0.2, 0.25) is 11.8 Å². The third kappa shape index (κ3) is 5.52. The van der Waals surface area contributed by atoms with Crippen LogP contribution >= 0.6 is 0 Å². The molecule has 2 aliphatic heterocycles. The second kappa shape index (κ2) is 11.2. The molecule has 0 spiro atoms. The lowest BCUT2D eigenvalue weighted by atomic mass is 9.75. The number of hydrogen-bond donors (Lipinski definition) is 2. The third-order valence-corrected chi connectivity index (χ3v) is 7.63. The van der Waals surface area contributed by atoms with Gasteiger partial charge in [0, 0.05) is 50.9 Å². The first kappa shape index (κ1) is 24.5. The predicted molar refractivity (Wildman–Crippen MR) is 123 cm³/mol. The number of likely N-dealkylation sites (tertiary alicyclic amines) is 1. The minimum absolute atomic E-state index is 0.0436. The van der Waals surface area contributed by atoms with E-state index < -0.39 is 23.8 Å². The number of nitrogens with zero attached hydrogens (tertiary/aromatic N) is 2. The standard InChI is InChI=1S/C25H35N3O6/c1-27(25(31)34-20-10-13-33-14-11-20)19-7-8-21(22(15-19)23(29)26-32)24(30)28-12-9-18(16-28)17-5-3-2-4-6-17/h2-6,18-22,32H,7-16H2,1H3,(H,26,29)/t18-,19?,21-,22-/m0/s1. The van der Waals surface area contributed by atoms with E-state index in [-0.39, 0.29) is 24.0 Å². The van der Waals surface area contributed by atoms with Crippen molar-refractivity contribution in [2.24, 2.45) is 11.8 Å².